The van der Waals surface area contributed by atoms with E-state index in [0.29, 0.717) is 22.7 Å². The number of aliphatic hydroxyl groups is 1. The summed E-state index contributed by atoms with van der Waals surface area (Å²) in [6, 6.07) is 5.65. The maximum Gasteiger partial charge on any atom is 0.161 e. The lowest BCUT2D eigenvalue weighted by molar-refractivity contribution is 0.276. The lowest BCUT2D eigenvalue weighted by atomic mass is 10.1. The SMILES string of the molecule is Cn1cc(-c2ccc3[nH]nc(-c4nc5cnccc5[nH]4)c3n2)c(CO)n1. The molecule has 5 rings (SSSR count). The van der Waals surface area contributed by atoms with E-state index in [9.17, 15) is 5.11 Å². The van der Waals surface area contributed by atoms with Gasteiger partial charge < -0.3 is 10.1 Å². The molecule has 0 aliphatic heterocycles. The van der Waals surface area contributed by atoms with E-state index in [0.717, 1.165) is 27.8 Å². The summed E-state index contributed by atoms with van der Waals surface area (Å²) in [6.07, 6.45) is 5.25. The van der Waals surface area contributed by atoms with Gasteiger partial charge in [-0.15, -0.1) is 0 Å². The smallest absolute Gasteiger partial charge is 0.161 e. The van der Waals surface area contributed by atoms with Gasteiger partial charge in [-0.1, -0.05) is 0 Å². The Morgan fingerprint density at radius 2 is 2.08 bits per heavy atom. The Hall–Kier alpha value is -3.59. The van der Waals surface area contributed by atoms with E-state index in [4.69, 9.17) is 4.98 Å². The molecule has 0 amide bonds. The molecular formula is C17H14N8O. The average Bonchev–Trinajstić information content (AvgIpc) is 3.36. The van der Waals surface area contributed by atoms with Crippen molar-refractivity contribution in [2.75, 3.05) is 0 Å². The van der Waals surface area contributed by atoms with Crippen LogP contribution in [-0.2, 0) is 13.7 Å². The van der Waals surface area contributed by atoms with Crippen molar-refractivity contribution < 1.29 is 5.11 Å². The first-order valence-corrected chi connectivity index (χ1v) is 8.02. The van der Waals surface area contributed by atoms with Gasteiger partial charge in [-0.2, -0.15) is 10.2 Å². The molecule has 0 fully saturated rings. The molecule has 9 nitrogen and oxygen atoms in total. The minimum Gasteiger partial charge on any atom is -0.390 e. The van der Waals surface area contributed by atoms with Crippen LogP contribution in [0, 0.1) is 0 Å². The zero-order valence-corrected chi connectivity index (χ0v) is 13.8. The highest BCUT2D eigenvalue weighted by Gasteiger charge is 2.17. The van der Waals surface area contributed by atoms with E-state index in [1.807, 2.05) is 31.4 Å². The van der Waals surface area contributed by atoms with E-state index >= 15 is 0 Å². The minimum absolute atomic E-state index is 0.148. The first kappa shape index (κ1) is 14.7. The molecule has 0 aliphatic carbocycles. The molecule has 0 saturated heterocycles. The zero-order valence-electron chi connectivity index (χ0n) is 13.8. The minimum atomic E-state index is -0.148. The van der Waals surface area contributed by atoms with Gasteiger partial charge in [-0.25, -0.2) is 9.97 Å². The summed E-state index contributed by atoms with van der Waals surface area (Å²) in [7, 11) is 1.81. The van der Waals surface area contributed by atoms with E-state index in [2.05, 4.69) is 30.2 Å². The summed E-state index contributed by atoms with van der Waals surface area (Å²) < 4.78 is 1.66. The number of rotatable bonds is 3. The Kier molecular flexibility index (Phi) is 3.09. The largest absolute Gasteiger partial charge is 0.390 e. The first-order valence-electron chi connectivity index (χ1n) is 8.02. The molecule has 5 aromatic rings. The lowest BCUT2D eigenvalue weighted by Gasteiger charge is -2.00. The number of hydrogen-bond acceptors (Lipinski definition) is 6. The van der Waals surface area contributed by atoms with Crippen LogP contribution >= 0.6 is 0 Å². The second-order valence-electron chi connectivity index (χ2n) is 5.96. The van der Waals surface area contributed by atoms with Crippen LogP contribution in [0.3, 0.4) is 0 Å². The zero-order chi connectivity index (χ0) is 17.7. The van der Waals surface area contributed by atoms with Crippen LogP contribution in [0.1, 0.15) is 5.69 Å². The summed E-state index contributed by atoms with van der Waals surface area (Å²) >= 11 is 0. The maximum absolute atomic E-state index is 9.54. The summed E-state index contributed by atoms with van der Waals surface area (Å²) in [6.45, 7) is -0.148. The number of aromatic nitrogens is 8. The van der Waals surface area contributed by atoms with Gasteiger partial charge in [0.15, 0.2) is 11.5 Å². The van der Waals surface area contributed by atoms with Gasteiger partial charge in [0.2, 0.25) is 0 Å². The molecule has 0 spiro atoms. The Morgan fingerprint density at radius 3 is 2.92 bits per heavy atom. The highest BCUT2D eigenvalue weighted by atomic mass is 16.3. The molecule has 0 radical (unpaired) electrons. The third kappa shape index (κ3) is 2.18. The highest BCUT2D eigenvalue weighted by Crippen LogP contribution is 2.28. The molecule has 3 N–H and O–H groups in total. The summed E-state index contributed by atoms with van der Waals surface area (Å²) in [5, 5.41) is 21.2. The molecule has 0 unspecified atom stereocenters. The van der Waals surface area contributed by atoms with E-state index in [1.54, 1.807) is 17.1 Å². The summed E-state index contributed by atoms with van der Waals surface area (Å²) in [5.41, 5.74) is 5.88. The molecule has 9 heteroatoms. The lowest BCUT2D eigenvalue weighted by Crippen LogP contribution is -1.91. The third-order valence-electron chi connectivity index (χ3n) is 4.25. The highest BCUT2D eigenvalue weighted by molar-refractivity contribution is 5.91. The van der Waals surface area contributed by atoms with Crippen LogP contribution in [0.2, 0.25) is 0 Å². The Balaban J connectivity index is 1.70. The van der Waals surface area contributed by atoms with Crippen LogP contribution < -0.4 is 0 Å². The summed E-state index contributed by atoms with van der Waals surface area (Å²) in [5.74, 6) is 0.623. The van der Waals surface area contributed by atoms with Gasteiger partial charge in [-0.05, 0) is 18.2 Å². The van der Waals surface area contributed by atoms with Crippen LogP contribution in [-0.4, -0.2) is 45.0 Å². The number of nitrogens with zero attached hydrogens (tertiary/aromatic N) is 6. The molecular weight excluding hydrogens is 332 g/mol. The van der Waals surface area contributed by atoms with Crippen molar-refractivity contribution in [2.24, 2.45) is 7.05 Å². The molecule has 0 aliphatic rings. The fourth-order valence-corrected chi connectivity index (χ4v) is 3.05. The summed E-state index contributed by atoms with van der Waals surface area (Å²) in [4.78, 5) is 16.6. The van der Waals surface area contributed by atoms with Crippen molar-refractivity contribution in [3.63, 3.8) is 0 Å². The number of aryl methyl sites for hydroxylation is 1. The van der Waals surface area contributed by atoms with Gasteiger partial charge in [-0.3, -0.25) is 14.8 Å². The van der Waals surface area contributed by atoms with Crippen LogP contribution in [0.4, 0.5) is 0 Å². The van der Waals surface area contributed by atoms with Crippen molar-refractivity contribution in [1.29, 1.82) is 0 Å². The maximum atomic E-state index is 9.54. The molecule has 0 aromatic carbocycles. The fourth-order valence-electron chi connectivity index (χ4n) is 3.05. The Labute approximate surface area is 146 Å². The number of hydrogen-bond donors (Lipinski definition) is 3. The van der Waals surface area contributed by atoms with Gasteiger partial charge in [0, 0.05) is 25.0 Å². The van der Waals surface area contributed by atoms with E-state index < -0.39 is 0 Å². The van der Waals surface area contributed by atoms with Crippen molar-refractivity contribution in [2.45, 2.75) is 6.61 Å². The standard InChI is InChI=1S/C17H14N8O/c1-25-7-9(14(8-26)24-25)10-2-3-12-15(19-10)16(23-22-12)17-20-11-4-5-18-6-13(11)21-17/h2-7,26H,8H2,1H3,(H,20,21)(H,22,23). The predicted molar refractivity (Wildman–Crippen MR) is 94.9 cm³/mol. The number of aliphatic hydroxyl groups excluding tert-OH is 1. The first-order chi connectivity index (χ1) is 12.7. The van der Waals surface area contributed by atoms with E-state index in [1.165, 1.54) is 0 Å². The predicted octanol–water partition coefficient (Wildman–Crippen LogP) is 1.79. The van der Waals surface area contributed by atoms with E-state index in [-0.39, 0.29) is 6.61 Å². The number of pyridine rings is 2. The van der Waals surface area contributed by atoms with Crippen molar-refractivity contribution in [3.05, 3.63) is 42.5 Å². The normalized spacial score (nSPS) is 11.6. The average molecular weight is 346 g/mol. The molecule has 5 heterocycles. The second kappa shape index (κ2) is 5.46. The molecule has 128 valence electrons. The Bertz CT molecular complexity index is 1220. The number of nitrogens with one attached hydrogen (secondary N) is 2. The van der Waals surface area contributed by atoms with Gasteiger partial charge in [0.1, 0.15) is 11.0 Å². The van der Waals surface area contributed by atoms with Crippen molar-refractivity contribution in [1.82, 2.24) is 39.9 Å². The topological polar surface area (TPSA) is 121 Å². The van der Waals surface area contributed by atoms with Crippen molar-refractivity contribution in [3.8, 4) is 22.8 Å². The number of aromatic amines is 2. The van der Waals surface area contributed by atoms with Gasteiger partial charge in [0.25, 0.3) is 0 Å². The fraction of sp³-hybridized carbons (Fsp3) is 0.118. The molecule has 26 heavy (non-hydrogen) atoms. The molecule has 0 bridgehead atoms. The third-order valence-corrected chi connectivity index (χ3v) is 4.25. The second-order valence-corrected chi connectivity index (χ2v) is 5.96. The van der Waals surface area contributed by atoms with Gasteiger partial charge >= 0.3 is 0 Å². The Morgan fingerprint density at radius 1 is 1.15 bits per heavy atom. The molecule has 0 saturated carbocycles. The van der Waals surface area contributed by atoms with Crippen LogP contribution in [0.15, 0.2) is 36.8 Å². The quantitative estimate of drug-likeness (QED) is 0.458. The monoisotopic (exact) mass is 346 g/mol. The van der Waals surface area contributed by atoms with Crippen molar-refractivity contribution >= 4 is 22.1 Å². The molecule has 0 atom stereocenters. The number of fused-ring (bicyclic) bond motifs is 2. The number of imidazole rings is 1. The molecule has 5 aromatic heterocycles. The van der Waals surface area contributed by atoms with Gasteiger partial charge in [0.05, 0.1) is 35.2 Å². The van der Waals surface area contributed by atoms with Crippen LogP contribution in [0.5, 0.6) is 0 Å². The van der Waals surface area contributed by atoms with Crippen LogP contribution in [0.25, 0.3) is 44.8 Å². The number of H-pyrrole nitrogens is 2.